The first-order chi connectivity index (χ1) is 17.6. The second-order valence-electron chi connectivity index (χ2n) is 12.3. The zero-order valence-electron chi connectivity index (χ0n) is 24.1. The highest BCUT2D eigenvalue weighted by atomic mass is 19.1. The van der Waals surface area contributed by atoms with Gasteiger partial charge in [0.15, 0.2) is 0 Å². The number of benzene rings is 3. The van der Waals surface area contributed by atoms with Crippen molar-refractivity contribution in [3.05, 3.63) is 98.4 Å². The van der Waals surface area contributed by atoms with Crippen molar-refractivity contribution in [2.75, 3.05) is 0 Å². The predicted octanol–water partition coefficient (Wildman–Crippen LogP) is 8.85. The van der Waals surface area contributed by atoms with Crippen molar-refractivity contribution in [1.82, 2.24) is 0 Å². The molecule has 0 heterocycles. The molecule has 3 aromatic rings. The lowest BCUT2D eigenvalue weighted by Crippen LogP contribution is -2.28. The van der Waals surface area contributed by atoms with Gasteiger partial charge in [-0.25, -0.2) is 13.2 Å². The Hall–Kier alpha value is -3.08. The Balaban J connectivity index is 2.21. The van der Waals surface area contributed by atoms with E-state index < -0.39 is 23.6 Å². The third-order valence-electron chi connectivity index (χ3n) is 7.22. The first-order valence-electron chi connectivity index (χ1n) is 13.1. The van der Waals surface area contributed by atoms with Gasteiger partial charge in [0, 0.05) is 46.9 Å². The quantitative estimate of drug-likeness (QED) is 0.308. The fourth-order valence-corrected chi connectivity index (χ4v) is 4.72. The summed E-state index contributed by atoms with van der Waals surface area (Å²) in [6.07, 6.45) is 0.918. The molecule has 1 atom stereocenters. The number of rotatable bonds is 7. The summed E-state index contributed by atoms with van der Waals surface area (Å²) < 4.78 is 51.6. The molecule has 0 aliphatic heterocycles. The van der Waals surface area contributed by atoms with Crippen LogP contribution in [0.25, 0.3) is 0 Å². The fourth-order valence-electron chi connectivity index (χ4n) is 4.72. The van der Waals surface area contributed by atoms with E-state index in [1.807, 2.05) is 37.3 Å². The molecule has 0 unspecified atom stereocenters. The fraction of sp³-hybridized carbons (Fsp3) is 0.424. The number of halogens is 3. The van der Waals surface area contributed by atoms with Crippen LogP contribution in [0.1, 0.15) is 86.1 Å². The summed E-state index contributed by atoms with van der Waals surface area (Å²) in [6.45, 7) is 17.2. The molecule has 204 valence electrons. The van der Waals surface area contributed by atoms with E-state index in [4.69, 9.17) is 10.1 Å². The molecule has 0 fully saturated rings. The average molecular weight is 524 g/mol. The maximum atomic E-state index is 15.2. The third kappa shape index (κ3) is 6.14. The Morgan fingerprint density at radius 3 is 1.89 bits per heavy atom. The molecule has 0 saturated heterocycles. The van der Waals surface area contributed by atoms with Gasteiger partial charge in [-0.1, -0.05) is 71.9 Å². The number of hydrogen-bond donors (Lipinski definition) is 1. The van der Waals surface area contributed by atoms with Crippen LogP contribution in [-0.4, -0.2) is 12.3 Å². The first kappa shape index (κ1) is 29.5. The van der Waals surface area contributed by atoms with E-state index in [0.717, 1.165) is 22.3 Å². The molecule has 3 rings (SSSR count). The summed E-state index contributed by atoms with van der Waals surface area (Å²) >= 11 is 0. The van der Waals surface area contributed by atoms with Crippen LogP contribution in [0.2, 0.25) is 0 Å². The minimum absolute atomic E-state index is 0.0873. The molecule has 0 bridgehead atoms. The minimum Gasteiger partial charge on any atom is -0.489 e. The van der Waals surface area contributed by atoms with Crippen LogP contribution in [0.5, 0.6) is 5.75 Å². The molecular weight excluding hydrogens is 483 g/mol. The topological polar surface area (TPSA) is 33.1 Å². The van der Waals surface area contributed by atoms with Gasteiger partial charge in [-0.15, -0.1) is 0 Å². The Labute approximate surface area is 225 Å². The van der Waals surface area contributed by atoms with Gasteiger partial charge in [0.25, 0.3) is 0 Å². The molecule has 0 spiro atoms. The van der Waals surface area contributed by atoms with Gasteiger partial charge >= 0.3 is 0 Å². The molecule has 0 aliphatic carbocycles. The van der Waals surface area contributed by atoms with Crippen LogP contribution in [0.3, 0.4) is 0 Å². The molecule has 2 nitrogen and oxygen atoms in total. The van der Waals surface area contributed by atoms with E-state index >= 15 is 8.78 Å². The monoisotopic (exact) mass is 523 g/mol. The largest absolute Gasteiger partial charge is 0.489 e. The second-order valence-corrected chi connectivity index (χ2v) is 12.3. The highest BCUT2D eigenvalue weighted by Crippen LogP contribution is 2.39. The molecular formula is C33H40F3NO. The van der Waals surface area contributed by atoms with Crippen molar-refractivity contribution < 1.29 is 17.9 Å². The molecule has 0 aromatic heterocycles. The van der Waals surface area contributed by atoms with Crippen LogP contribution >= 0.6 is 0 Å². The van der Waals surface area contributed by atoms with E-state index in [1.54, 1.807) is 0 Å². The van der Waals surface area contributed by atoms with Crippen LogP contribution in [-0.2, 0) is 23.7 Å². The lowest BCUT2D eigenvalue weighted by Gasteiger charge is -2.31. The van der Waals surface area contributed by atoms with Crippen molar-refractivity contribution in [3.8, 4) is 5.75 Å². The van der Waals surface area contributed by atoms with Crippen molar-refractivity contribution in [2.45, 2.75) is 92.1 Å². The summed E-state index contributed by atoms with van der Waals surface area (Å²) in [5.74, 6) is -2.08. The van der Waals surface area contributed by atoms with Gasteiger partial charge in [0.2, 0.25) is 0 Å². The number of nitrogens with one attached hydrogen (secondary N) is 1. The number of hydrogen-bond acceptors (Lipinski definition) is 2. The van der Waals surface area contributed by atoms with Crippen molar-refractivity contribution in [2.24, 2.45) is 0 Å². The van der Waals surface area contributed by atoms with E-state index in [-0.39, 0.29) is 33.9 Å². The van der Waals surface area contributed by atoms with Gasteiger partial charge in [0.05, 0.1) is 0 Å². The van der Waals surface area contributed by atoms with Gasteiger partial charge in [-0.2, -0.15) is 0 Å². The lowest BCUT2D eigenvalue weighted by atomic mass is 9.79. The average Bonchev–Trinajstić information content (AvgIpc) is 2.84. The van der Waals surface area contributed by atoms with Gasteiger partial charge in [0.1, 0.15) is 29.3 Å². The van der Waals surface area contributed by atoms with Crippen LogP contribution in [0.15, 0.2) is 36.4 Å². The molecule has 0 aliphatic rings. The molecule has 5 heteroatoms. The zero-order valence-corrected chi connectivity index (χ0v) is 24.1. The minimum atomic E-state index is -0.879. The summed E-state index contributed by atoms with van der Waals surface area (Å²) in [5.41, 5.74) is 3.61. The summed E-state index contributed by atoms with van der Waals surface area (Å²) in [5, 5.41) is 8.19. The molecule has 38 heavy (non-hydrogen) atoms. The Bertz CT molecular complexity index is 1320. The number of aryl methyl sites for hydroxylation is 1. The Morgan fingerprint density at radius 1 is 0.816 bits per heavy atom. The smallest absolute Gasteiger partial charge is 0.135 e. The molecule has 0 saturated carbocycles. The first-order valence-corrected chi connectivity index (χ1v) is 13.1. The van der Waals surface area contributed by atoms with E-state index in [0.29, 0.717) is 17.7 Å². The summed E-state index contributed by atoms with van der Waals surface area (Å²) in [4.78, 5) is 0. The van der Waals surface area contributed by atoms with Crippen molar-refractivity contribution in [3.63, 3.8) is 0 Å². The van der Waals surface area contributed by atoms with Gasteiger partial charge < -0.3 is 10.1 Å². The van der Waals surface area contributed by atoms with E-state index in [9.17, 15) is 4.39 Å². The molecule has 3 aromatic carbocycles. The molecule has 0 radical (unpaired) electrons. The maximum Gasteiger partial charge on any atom is 0.135 e. The van der Waals surface area contributed by atoms with Crippen LogP contribution < -0.4 is 4.74 Å². The zero-order chi connectivity index (χ0) is 28.6. The maximum absolute atomic E-state index is 15.2. The Kier molecular flexibility index (Phi) is 8.50. The molecule has 1 N–H and O–H groups in total. The third-order valence-corrected chi connectivity index (χ3v) is 7.22. The van der Waals surface area contributed by atoms with Crippen LogP contribution in [0.4, 0.5) is 13.2 Å². The van der Waals surface area contributed by atoms with Gasteiger partial charge in [-0.05, 0) is 54.4 Å². The normalized spacial score (nSPS) is 12.9. The van der Waals surface area contributed by atoms with Crippen LogP contribution in [0, 0.1) is 43.6 Å². The highest BCUT2D eigenvalue weighted by molar-refractivity contribution is 5.83. The number of ether oxygens (including phenoxy) is 1. The van der Waals surface area contributed by atoms with E-state index in [2.05, 4.69) is 47.6 Å². The van der Waals surface area contributed by atoms with E-state index in [1.165, 1.54) is 20.1 Å². The van der Waals surface area contributed by atoms with Crippen molar-refractivity contribution >= 4 is 6.21 Å². The highest BCUT2D eigenvalue weighted by Gasteiger charge is 2.29. The predicted molar refractivity (Wildman–Crippen MR) is 151 cm³/mol. The summed E-state index contributed by atoms with van der Waals surface area (Å²) in [6, 6.07) is 11.9. The lowest BCUT2D eigenvalue weighted by molar-refractivity contribution is 0.194. The second kappa shape index (κ2) is 11.0. The summed E-state index contributed by atoms with van der Waals surface area (Å²) in [7, 11) is 0. The van der Waals surface area contributed by atoms with Gasteiger partial charge in [-0.3, -0.25) is 0 Å². The Morgan fingerprint density at radius 2 is 1.39 bits per heavy atom. The van der Waals surface area contributed by atoms with Crippen molar-refractivity contribution in [1.29, 1.82) is 5.41 Å². The standard InChI is InChI=1S/C33H40F3NO/c1-19-12-10-11-13-22(19)15-25(17-26-29(35)20(2)28(34)21(3)30(26)36)38-31-23(18-37)14-24(32(4,5)6)16-27(31)33(7,8)9/h10-14,16,18,25,37H,15,17H2,1-9H3/t25-/m1/s1. The molecule has 0 amide bonds. The SMILES string of the molecule is Cc1ccccc1C[C@H](Cc1c(F)c(C)c(F)c(C)c1F)Oc1c(C=N)cc(C(C)(C)C)cc1C(C)(C)C.